The summed E-state index contributed by atoms with van der Waals surface area (Å²) in [5.74, 6) is -0.494. The van der Waals surface area contributed by atoms with E-state index in [1.54, 1.807) is 0 Å². The summed E-state index contributed by atoms with van der Waals surface area (Å²) in [7, 11) is 0. The molecule has 0 aromatic heterocycles. The Labute approximate surface area is 106 Å². The molecule has 0 bridgehead atoms. The van der Waals surface area contributed by atoms with Gasteiger partial charge in [-0.3, -0.25) is 0 Å². The molecule has 2 N–H and O–H groups in total. The lowest BCUT2D eigenvalue weighted by molar-refractivity contribution is 0.108. The second-order valence-corrected chi connectivity index (χ2v) is 5.01. The summed E-state index contributed by atoms with van der Waals surface area (Å²) in [6.07, 6.45) is 3.47. The first-order valence-corrected chi connectivity index (χ1v) is 6.48. The third-order valence-corrected chi connectivity index (χ3v) is 3.61. The number of hydrogen-bond donors (Lipinski definition) is 2. The molecule has 1 aliphatic rings. The smallest absolute Gasteiger partial charge is 0.130 e. The molecule has 0 amide bonds. The lowest BCUT2D eigenvalue weighted by Crippen LogP contribution is -2.28. The Morgan fingerprint density at radius 2 is 1.72 bits per heavy atom. The fraction of sp³-hybridized carbons (Fsp3) is 0.571. The van der Waals surface area contributed by atoms with Crippen LogP contribution in [-0.2, 0) is 6.54 Å². The highest BCUT2D eigenvalue weighted by Crippen LogP contribution is 2.23. The normalized spacial score (nSPS) is 24.2. The van der Waals surface area contributed by atoms with Crippen molar-refractivity contribution in [3.8, 4) is 0 Å². The van der Waals surface area contributed by atoms with E-state index in [1.165, 1.54) is 18.2 Å². The Bertz CT molecular complexity index is 369. The van der Waals surface area contributed by atoms with Crippen LogP contribution in [0.15, 0.2) is 18.2 Å². The molecule has 1 fully saturated rings. The van der Waals surface area contributed by atoms with E-state index in [0.717, 1.165) is 32.2 Å². The predicted molar refractivity (Wildman–Crippen MR) is 66.0 cm³/mol. The first-order chi connectivity index (χ1) is 8.66. The summed E-state index contributed by atoms with van der Waals surface area (Å²) in [5, 5.41) is 12.5. The Balaban J connectivity index is 1.78. The van der Waals surface area contributed by atoms with Gasteiger partial charge < -0.3 is 10.4 Å². The van der Waals surface area contributed by atoms with Crippen molar-refractivity contribution in [2.45, 2.75) is 38.3 Å². The maximum Gasteiger partial charge on any atom is 0.130 e. The zero-order chi connectivity index (χ0) is 13.0. The lowest BCUT2D eigenvalue weighted by atomic mass is 9.87. The summed E-state index contributed by atoms with van der Waals surface area (Å²) in [4.78, 5) is 0. The van der Waals surface area contributed by atoms with Gasteiger partial charge in [0.25, 0.3) is 0 Å². The monoisotopic (exact) mass is 255 g/mol. The van der Waals surface area contributed by atoms with E-state index >= 15 is 0 Å². The number of rotatable bonds is 4. The summed E-state index contributed by atoms with van der Waals surface area (Å²) < 4.78 is 26.7. The van der Waals surface area contributed by atoms with E-state index in [4.69, 9.17) is 0 Å². The van der Waals surface area contributed by atoms with Crippen molar-refractivity contribution >= 4 is 0 Å². The van der Waals surface area contributed by atoms with Crippen LogP contribution in [0.5, 0.6) is 0 Å². The maximum atomic E-state index is 13.4. The topological polar surface area (TPSA) is 32.3 Å². The molecule has 0 spiro atoms. The SMILES string of the molecule is OC1CCC(CNCc2c(F)cccc2F)CC1. The zero-order valence-corrected chi connectivity index (χ0v) is 10.3. The lowest BCUT2D eigenvalue weighted by Gasteiger charge is -2.25. The van der Waals surface area contributed by atoms with Gasteiger partial charge >= 0.3 is 0 Å². The Kier molecular flexibility index (Phi) is 4.66. The molecule has 1 aromatic rings. The summed E-state index contributed by atoms with van der Waals surface area (Å²) in [6, 6.07) is 3.92. The van der Waals surface area contributed by atoms with Crippen molar-refractivity contribution in [3.63, 3.8) is 0 Å². The third kappa shape index (κ3) is 3.50. The van der Waals surface area contributed by atoms with E-state index in [2.05, 4.69) is 5.32 Å². The van der Waals surface area contributed by atoms with Gasteiger partial charge in [-0.15, -0.1) is 0 Å². The molecule has 2 nitrogen and oxygen atoms in total. The van der Waals surface area contributed by atoms with E-state index < -0.39 is 11.6 Å². The zero-order valence-electron chi connectivity index (χ0n) is 10.3. The number of nitrogens with one attached hydrogen (secondary N) is 1. The van der Waals surface area contributed by atoms with E-state index in [-0.39, 0.29) is 18.2 Å². The molecule has 1 aromatic carbocycles. The molecule has 18 heavy (non-hydrogen) atoms. The average Bonchev–Trinajstić information content (AvgIpc) is 2.35. The van der Waals surface area contributed by atoms with Crippen LogP contribution >= 0.6 is 0 Å². The van der Waals surface area contributed by atoms with E-state index in [0.29, 0.717) is 5.92 Å². The van der Waals surface area contributed by atoms with Crippen molar-refractivity contribution in [2.75, 3.05) is 6.54 Å². The number of halogens is 2. The second kappa shape index (κ2) is 6.25. The van der Waals surface area contributed by atoms with Crippen molar-refractivity contribution in [1.29, 1.82) is 0 Å². The van der Waals surface area contributed by atoms with Crippen molar-refractivity contribution < 1.29 is 13.9 Å². The van der Waals surface area contributed by atoms with Crippen LogP contribution in [0.4, 0.5) is 8.78 Å². The highest BCUT2D eigenvalue weighted by Gasteiger charge is 2.19. The van der Waals surface area contributed by atoms with E-state index in [9.17, 15) is 13.9 Å². The van der Waals surface area contributed by atoms with Crippen molar-refractivity contribution in [1.82, 2.24) is 5.32 Å². The molecule has 2 rings (SSSR count). The molecular formula is C14H19F2NO. The summed E-state index contributed by atoms with van der Waals surface area (Å²) >= 11 is 0. The van der Waals surface area contributed by atoms with Gasteiger partial charge in [-0.1, -0.05) is 6.07 Å². The fourth-order valence-electron chi connectivity index (χ4n) is 2.45. The van der Waals surface area contributed by atoms with Crippen LogP contribution < -0.4 is 5.32 Å². The molecule has 0 unspecified atom stereocenters. The molecule has 4 heteroatoms. The molecule has 0 saturated heterocycles. The second-order valence-electron chi connectivity index (χ2n) is 5.01. The third-order valence-electron chi connectivity index (χ3n) is 3.61. The molecule has 0 heterocycles. The highest BCUT2D eigenvalue weighted by atomic mass is 19.1. The van der Waals surface area contributed by atoms with Crippen molar-refractivity contribution in [3.05, 3.63) is 35.4 Å². The standard InChI is InChI=1S/C14H19F2NO/c15-13-2-1-3-14(16)12(13)9-17-8-10-4-6-11(18)7-5-10/h1-3,10-11,17-18H,4-9H2. The minimum atomic E-state index is -0.499. The van der Waals surface area contributed by atoms with Gasteiger partial charge in [0.2, 0.25) is 0 Å². The molecular weight excluding hydrogens is 236 g/mol. The number of benzene rings is 1. The minimum Gasteiger partial charge on any atom is -0.393 e. The summed E-state index contributed by atoms with van der Waals surface area (Å²) in [6.45, 7) is 0.970. The van der Waals surface area contributed by atoms with Crippen LogP contribution in [-0.4, -0.2) is 17.8 Å². The number of aliphatic hydroxyl groups excluding tert-OH is 1. The van der Waals surface area contributed by atoms with Gasteiger partial charge in [0, 0.05) is 12.1 Å². The molecule has 0 atom stereocenters. The first kappa shape index (κ1) is 13.4. The van der Waals surface area contributed by atoms with Gasteiger partial charge in [0.1, 0.15) is 11.6 Å². The van der Waals surface area contributed by atoms with Crippen molar-refractivity contribution in [2.24, 2.45) is 5.92 Å². The Hall–Kier alpha value is -1.00. The fourth-order valence-corrected chi connectivity index (χ4v) is 2.45. The van der Waals surface area contributed by atoms with Gasteiger partial charge in [-0.25, -0.2) is 8.78 Å². The quantitative estimate of drug-likeness (QED) is 0.866. The van der Waals surface area contributed by atoms with E-state index in [1.807, 2.05) is 0 Å². The molecule has 1 aliphatic carbocycles. The number of hydrogen-bond acceptors (Lipinski definition) is 2. The number of aliphatic hydroxyl groups is 1. The van der Waals surface area contributed by atoms with Crippen LogP contribution in [0.25, 0.3) is 0 Å². The average molecular weight is 255 g/mol. The van der Waals surface area contributed by atoms with Crippen LogP contribution in [0.1, 0.15) is 31.2 Å². The first-order valence-electron chi connectivity index (χ1n) is 6.48. The largest absolute Gasteiger partial charge is 0.393 e. The Morgan fingerprint density at radius 3 is 2.33 bits per heavy atom. The van der Waals surface area contributed by atoms with Gasteiger partial charge in [-0.2, -0.15) is 0 Å². The molecule has 100 valence electrons. The molecule has 0 radical (unpaired) electrons. The molecule has 0 aliphatic heterocycles. The Morgan fingerprint density at radius 1 is 1.11 bits per heavy atom. The minimum absolute atomic E-state index is 0.105. The van der Waals surface area contributed by atoms with Crippen LogP contribution in [0.3, 0.4) is 0 Å². The van der Waals surface area contributed by atoms with Gasteiger partial charge in [0.15, 0.2) is 0 Å². The summed E-state index contributed by atoms with van der Waals surface area (Å²) in [5.41, 5.74) is 0.105. The van der Waals surface area contributed by atoms with Gasteiger partial charge in [-0.05, 0) is 50.3 Å². The maximum absolute atomic E-state index is 13.4. The van der Waals surface area contributed by atoms with Crippen LogP contribution in [0, 0.1) is 17.6 Å². The predicted octanol–water partition coefficient (Wildman–Crippen LogP) is 2.61. The van der Waals surface area contributed by atoms with Gasteiger partial charge in [0.05, 0.1) is 6.10 Å². The highest BCUT2D eigenvalue weighted by molar-refractivity contribution is 5.19. The van der Waals surface area contributed by atoms with Crippen LogP contribution in [0.2, 0.25) is 0 Å². The molecule has 1 saturated carbocycles.